The Balaban J connectivity index is 2.34. The maximum Gasteiger partial charge on any atom is 0.0645 e. The Bertz CT molecular complexity index is 171. The summed E-state index contributed by atoms with van der Waals surface area (Å²) in [5.74, 6) is 0. The Morgan fingerprint density at radius 1 is 1.50 bits per heavy atom. The molecule has 0 aromatic heterocycles. The van der Waals surface area contributed by atoms with E-state index in [0.717, 1.165) is 39.1 Å². The van der Waals surface area contributed by atoms with Gasteiger partial charge in [-0.25, -0.2) is 0 Å². The van der Waals surface area contributed by atoms with Gasteiger partial charge in [0.1, 0.15) is 0 Å². The molecular formula is C11H24N2O. The van der Waals surface area contributed by atoms with Crippen LogP contribution in [0.25, 0.3) is 0 Å². The SMILES string of the molecule is CCC(N)CCN1CCOCC1(C)C. The monoisotopic (exact) mass is 200 g/mol. The standard InChI is InChI=1S/C11H24N2O/c1-4-10(12)5-6-13-7-8-14-9-11(13,2)3/h10H,4-9,12H2,1-3H3. The largest absolute Gasteiger partial charge is 0.378 e. The fraction of sp³-hybridized carbons (Fsp3) is 1.00. The molecule has 0 aromatic carbocycles. The zero-order chi connectivity index (χ0) is 10.6. The minimum Gasteiger partial charge on any atom is -0.378 e. The van der Waals surface area contributed by atoms with Crippen LogP contribution in [-0.2, 0) is 4.74 Å². The van der Waals surface area contributed by atoms with Crippen LogP contribution in [0.5, 0.6) is 0 Å². The Labute approximate surface area is 87.6 Å². The van der Waals surface area contributed by atoms with Crippen molar-refractivity contribution >= 4 is 0 Å². The van der Waals surface area contributed by atoms with Gasteiger partial charge in [-0.3, -0.25) is 4.90 Å². The van der Waals surface area contributed by atoms with Gasteiger partial charge in [0.15, 0.2) is 0 Å². The van der Waals surface area contributed by atoms with E-state index in [9.17, 15) is 0 Å². The van der Waals surface area contributed by atoms with Crippen molar-refractivity contribution in [1.82, 2.24) is 4.90 Å². The van der Waals surface area contributed by atoms with E-state index in [1.54, 1.807) is 0 Å². The highest BCUT2D eigenvalue weighted by molar-refractivity contribution is 4.84. The lowest BCUT2D eigenvalue weighted by Crippen LogP contribution is -2.53. The number of nitrogens with two attached hydrogens (primary N) is 1. The lowest BCUT2D eigenvalue weighted by Gasteiger charge is -2.42. The molecular weight excluding hydrogens is 176 g/mol. The number of hydrogen-bond acceptors (Lipinski definition) is 3. The average Bonchev–Trinajstić information content (AvgIpc) is 2.15. The molecule has 1 unspecified atom stereocenters. The Morgan fingerprint density at radius 2 is 2.21 bits per heavy atom. The van der Waals surface area contributed by atoms with Crippen molar-refractivity contribution < 1.29 is 4.74 Å². The normalized spacial score (nSPS) is 24.9. The number of nitrogens with zero attached hydrogens (tertiary/aromatic N) is 1. The third-order valence-corrected chi connectivity index (χ3v) is 3.11. The predicted molar refractivity (Wildman–Crippen MR) is 59.4 cm³/mol. The zero-order valence-electron chi connectivity index (χ0n) is 9.75. The summed E-state index contributed by atoms with van der Waals surface area (Å²) < 4.78 is 5.48. The Morgan fingerprint density at radius 3 is 2.79 bits per heavy atom. The first-order valence-corrected chi connectivity index (χ1v) is 5.64. The van der Waals surface area contributed by atoms with Gasteiger partial charge in [0.2, 0.25) is 0 Å². The maximum absolute atomic E-state index is 5.92. The maximum atomic E-state index is 5.92. The summed E-state index contributed by atoms with van der Waals surface area (Å²) in [6.45, 7) is 10.5. The molecule has 3 heteroatoms. The summed E-state index contributed by atoms with van der Waals surface area (Å²) in [5, 5.41) is 0. The number of ether oxygens (including phenoxy) is 1. The fourth-order valence-electron chi connectivity index (χ4n) is 1.83. The third-order valence-electron chi connectivity index (χ3n) is 3.11. The minimum absolute atomic E-state index is 0.186. The fourth-order valence-corrected chi connectivity index (χ4v) is 1.83. The molecule has 0 amide bonds. The summed E-state index contributed by atoms with van der Waals surface area (Å²) in [5.41, 5.74) is 6.11. The minimum atomic E-state index is 0.186. The van der Waals surface area contributed by atoms with Crippen LogP contribution >= 0.6 is 0 Å². The van der Waals surface area contributed by atoms with E-state index in [2.05, 4.69) is 25.7 Å². The summed E-state index contributed by atoms with van der Waals surface area (Å²) in [7, 11) is 0. The molecule has 0 bridgehead atoms. The predicted octanol–water partition coefficient (Wildman–Crippen LogP) is 1.22. The van der Waals surface area contributed by atoms with Crippen molar-refractivity contribution in [2.75, 3.05) is 26.3 Å². The highest BCUT2D eigenvalue weighted by Gasteiger charge is 2.29. The molecule has 84 valence electrons. The van der Waals surface area contributed by atoms with Gasteiger partial charge in [-0.15, -0.1) is 0 Å². The third kappa shape index (κ3) is 3.23. The molecule has 1 rings (SSSR count). The van der Waals surface area contributed by atoms with Crippen LogP contribution in [0.3, 0.4) is 0 Å². The van der Waals surface area contributed by atoms with Crippen LogP contribution in [0.4, 0.5) is 0 Å². The smallest absolute Gasteiger partial charge is 0.0645 e. The van der Waals surface area contributed by atoms with Crippen LogP contribution in [-0.4, -0.2) is 42.8 Å². The van der Waals surface area contributed by atoms with Crippen LogP contribution in [0, 0.1) is 0 Å². The summed E-state index contributed by atoms with van der Waals surface area (Å²) >= 11 is 0. The van der Waals surface area contributed by atoms with Gasteiger partial charge in [-0.2, -0.15) is 0 Å². The van der Waals surface area contributed by atoms with Gasteiger partial charge in [-0.1, -0.05) is 6.92 Å². The van der Waals surface area contributed by atoms with Crippen molar-refractivity contribution in [2.45, 2.75) is 45.2 Å². The van der Waals surface area contributed by atoms with E-state index >= 15 is 0 Å². The number of morpholine rings is 1. The van der Waals surface area contributed by atoms with Crippen molar-refractivity contribution in [3.63, 3.8) is 0 Å². The topological polar surface area (TPSA) is 38.5 Å². The summed E-state index contributed by atoms with van der Waals surface area (Å²) in [6, 6.07) is 0.355. The first-order valence-electron chi connectivity index (χ1n) is 5.64. The van der Waals surface area contributed by atoms with E-state index in [1.807, 2.05) is 0 Å². The van der Waals surface area contributed by atoms with Gasteiger partial charge in [0.05, 0.1) is 13.2 Å². The van der Waals surface area contributed by atoms with Crippen molar-refractivity contribution in [3.8, 4) is 0 Å². The van der Waals surface area contributed by atoms with E-state index in [0.29, 0.717) is 6.04 Å². The quantitative estimate of drug-likeness (QED) is 0.741. The summed E-state index contributed by atoms with van der Waals surface area (Å²) in [6.07, 6.45) is 2.17. The molecule has 0 saturated carbocycles. The number of hydrogen-bond donors (Lipinski definition) is 1. The average molecular weight is 200 g/mol. The van der Waals surface area contributed by atoms with E-state index < -0.39 is 0 Å². The molecule has 2 N–H and O–H groups in total. The molecule has 0 radical (unpaired) electrons. The second kappa shape index (κ2) is 5.10. The highest BCUT2D eigenvalue weighted by atomic mass is 16.5. The molecule has 3 nitrogen and oxygen atoms in total. The van der Waals surface area contributed by atoms with Gasteiger partial charge < -0.3 is 10.5 Å². The molecule has 1 saturated heterocycles. The van der Waals surface area contributed by atoms with Gasteiger partial charge in [0.25, 0.3) is 0 Å². The van der Waals surface area contributed by atoms with Crippen LogP contribution in [0.1, 0.15) is 33.6 Å². The van der Waals surface area contributed by atoms with Gasteiger partial charge in [-0.05, 0) is 26.7 Å². The molecule has 1 heterocycles. The van der Waals surface area contributed by atoms with E-state index in [-0.39, 0.29) is 5.54 Å². The number of rotatable bonds is 4. The van der Waals surface area contributed by atoms with Crippen molar-refractivity contribution in [2.24, 2.45) is 5.73 Å². The molecule has 0 aromatic rings. The van der Waals surface area contributed by atoms with Gasteiger partial charge in [0, 0.05) is 24.7 Å². The Hall–Kier alpha value is -0.120. The van der Waals surface area contributed by atoms with E-state index in [1.165, 1.54) is 0 Å². The van der Waals surface area contributed by atoms with Gasteiger partial charge >= 0.3 is 0 Å². The van der Waals surface area contributed by atoms with Crippen molar-refractivity contribution in [1.29, 1.82) is 0 Å². The Kier molecular flexibility index (Phi) is 4.35. The lowest BCUT2D eigenvalue weighted by atomic mass is 10.0. The molecule has 0 spiro atoms. The highest BCUT2D eigenvalue weighted by Crippen LogP contribution is 2.19. The first-order chi connectivity index (χ1) is 6.56. The first kappa shape index (κ1) is 12.0. The second-order valence-corrected chi connectivity index (χ2v) is 4.81. The second-order valence-electron chi connectivity index (χ2n) is 4.81. The lowest BCUT2D eigenvalue weighted by molar-refractivity contribution is -0.0517. The van der Waals surface area contributed by atoms with E-state index in [4.69, 9.17) is 10.5 Å². The zero-order valence-corrected chi connectivity index (χ0v) is 9.75. The molecule has 0 aliphatic carbocycles. The van der Waals surface area contributed by atoms with Crippen LogP contribution in [0.2, 0.25) is 0 Å². The summed E-state index contributed by atoms with van der Waals surface area (Å²) in [4.78, 5) is 2.49. The van der Waals surface area contributed by atoms with Crippen LogP contribution < -0.4 is 5.73 Å². The molecule has 1 atom stereocenters. The molecule has 1 aliphatic rings. The molecule has 14 heavy (non-hydrogen) atoms. The molecule has 1 fully saturated rings. The van der Waals surface area contributed by atoms with Crippen LogP contribution in [0.15, 0.2) is 0 Å². The van der Waals surface area contributed by atoms with Crippen molar-refractivity contribution in [3.05, 3.63) is 0 Å². The molecule has 1 aliphatic heterocycles.